The zero-order chi connectivity index (χ0) is 15.1. The van der Waals surface area contributed by atoms with Crippen LogP contribution in [-0.2, 0) is 16.4 Å². The van der Waals surface area contributed by atoms with Crippen LogP contribution in [0, 0.1) is 0 Å². The third-order valence-electron chi connectivity index (χ3n) is 3.02. The monoisotopic (exact) mass is 317 g/mol. The molecule has 0 unspecified atom stereocenters. The van der Waals surface area contributed by atoms with E-state index < -0.39 is 15.6 Å². The lowest BCUT2D eigenvalue weighted by atomic mass is 10.1. The molecule has 0 saturated heterocycles. The molecule has 1 aromatic carbocycles. The number of aliphatic hydroxyl groups is 1. The molecular formula is C14H23NO3S2. The van der Waals surface area contributed by atoms with Crippen LogP contribution in [0.4, 0.5) is 0 Å². The standard InChI is InChI=1S/C14H23NO3S2/c1-14(16,9-10-19-2)12-15-20(17,18)11-8-13-6-4-3-5-7-13/h3-7,15-16H,8-12H2,1-2H3/t14-/m1/s1. The molecule has 4 nitrogen and oxygen atoms in total. The van der Waals surface area contributed by atoms with Crippen LogP contribution in [0.3, 0.4) is 0 Å². The molecule has 2 N–H and O–H groups in total. The molecule has 20 heavy (non-hydrogen) atoms. The van der Waals surface area contributed by atoms with Crippen molar-refractivity contribution in [3.05, 3.63) is 35.9 Å². The molecule has 0 aromatic heterocycles. The van der Waals surface area contributed by atoms with Gasteiger partial charge in [0, 0.05) is 6.54 Å². The van der Waals surface area contributed by atoms with Gasteiger partial charge in [-0.25, -0.2) is 13.1 Å². The highest BCUT2D eigenvalue weighted by atomic mass is 32.2. The zero-order valence-electron chi connectivity index (χ0n) is 12.0. The maximum absolute atomic E-state index is 11.9. The Morgan fingerprint density at radius 1 is 1.30 bits per heavy atom. The smallest absolute Gasteiger partial charge is 0.212 e. The van der Waals surface area contributed by atoms with Crippen LogP contribution < -0.4 is 4.72 Å². The first-order valence-corrected chi connectivity index (χ1v) is 9.62. The fraction of sp³-hybridized carbons (Fsp3) is 0.571. The average molecular weight is 317 g/mol. The van der Waals surface area contributed by atoms with Gasteiger partial charge in [-0.15, -0.1) is 0 Å². The Kier molecular flexibility index (Phi) is 7.02. The van der Waals surface area contributed by atoms with Crippen molar-refractivity contribution >= 4 is 21.8 Å². The second kappa shape index (κ2) is 8.02. The lowest BCUT2D eigenvalue weighted by Gasteiger charge is -2.23. The Morgan fingerprint density at radius 2 is 1.95 bits per heavy atom. The number of benzene rings is 1. The van der Waals surface area contributed by atoms with Gasteiger partial charge >= 0.3 is 0 Å². The number of nitrogens with one attached hydrogen (secondary N) is 1. The summed E-state index contributed by atoms with van der Waals surface area (Å²) in [7, 11) is -3.35. The van der Waals surface area contributed by atoms with Crippen molar-refractivity contribution in [3.8, 4) is 0 Å². The van der Waals surface area contributed by atoms with Gasteiger partial charge in [0.25, 0.3) is 0 Å². The summed E-state index contributed by atoms with van der Waals surface area (Å²) in [5, 5.41) is 10.1. The van der Waals surface area contributed by atoms with Crippen LogP contribution in [0.2, 0.25) is 0 Å². The average Bonchev–Trinajstić information content (AvgIpc) is 2.43. The van der Waals surface area contributed by atoms with E-state index in [1.165, 1.54) is 0 Å². The van der Waals surface area contributed by atoms with Crippen molar-refractivity contribution in [2.75, 3.05) is 24.3 Å². The van der Waals surface area contributed by atoms with E-state index in [-0.39, 0.29) is 12.3 Å². The summed E-state index contributed by atoms with van der Waals surface area (Å²) in [6, 6.07) is 9.50. The topological polar surface area (TPSA) is 66.4 Å². The summed E-state index contributed by atoms with van der Waals surface area (Å²) in [5.74, 6) is 0.842. The number of thioether (sulfide) groups is 1. The van der Waals surface area contributed by atoms with Crippen LogP contribution in [0.15, 0.2) is 30.3 Å². The number of hydrogen-bond donors (Lipinski definition) is 2. The summed E-state index contributed by atoms with van der Waals surface area (Å²) >= 11 is 1.63. The van der Waals surface area contributed by atoms with Crippen molar-refractivity contribution in [1.82, 2.24) is 4.72 Å². The quantitative estimate of drug-likeness (QED) is 0.727. The predicted molar refractivity (Wildman–Crippen MR) is 85.6 cm³/mol. The lowest BCUT2D eigenvalue weighted by Crippen LogP contribution is -2.42. The highest BCUT2D eigenvalue weighted by molar-refractivity contribution is 7.98. The summed E-state index contributed by atoms with van der Waals surface area (Å²) < 4.78 is 26.3. The second-order valence-electron chi connectivity index (χ2n) is 5.12. The molecule has 1 rings (SSSR count). The molecule has 0 radical (unpaired) electrons. The van der Waals surface area contributed by atoms with E-state index in [1.807, 2.05) is 36.6 Å². The molecule has 0 fully saturated rings. The van der Waals surface area contributed by atoms with Gasteiger partial charge in [0.1, 0.15) is 0 Å². The molecule has 1 aromatic rings. The van der Waals surface area contributed by atoms with Gasteiger partial charge in [0.05, 0.1) is 11.4 Å². The third kappa shape index (κ3) is 7.28. The lowest BCUT2D eigenvalue weighted by molar-refractivity contribution is 0.0626. The molecular weight excluding hydrogens is 294 g/mol. The number of hydrogen-bond acceptors (Lipinski definition) is 4. The van der Waals surface area contributed by atoms with Crippen LogP contribution in [0.25, 0.3) is 0 Å². The summed E-state index contributed by atoms with van der Waals surface area (Å²) in [6.07, 6.45) is 3.00. The minimum absolute atomic E-state index is 0.0373. The highest BCUT2D eigenvalue weighted by Crippen LogP contribution is 2.12. The Bertz CT molecular complexity index is 486. The van der Waals surface area contributed by atoms with Gasteiger partial charge in [-0.2, -0.15) is 11.8 Å². The molecule has 0 heterocycles. The van der Waals surface area contributed by atoms with Crippen LogP contribution in [0.1, 0.15) is 18.9 Å². The summed E-state index contributed by atoms with van der Waals surface area (Å²) in [5.41, 5.74) is -0.00459. The fourth-order valence-corrected chi connectivity index (χ4v) is 3.47. The van der Waals surface area contributed by atoms with Crippen molar-refractivity contribution < 1.29 is 13.5 Å². The predicted octanol–water partition coefficient (Wildman–Crippen LogP) is 1.65. The number of aryl methyl sites for hydroxylation is 1. The van der Waals surface area contributed by atoms with E-state index in [9.17, 15) is 13.5 Å². The number of rotatable bonds is 9. The number of sulfonamides is 1. The van der Waals surface area contributed by atoms with E-state index in [1.54, 1.807) is 18.7 Å². The maximum atomic E-state index is 11.9. The molecule has 0 aliphatic carbocycles. The first-order valence-electron chi connectivity index (χ1n) is 6.57. The van der Waals surface area contributed by atoms with E-state index in [2.05, 4.69) is 4.72 Å². The molecule has 0 spiro atoms. The Balaban J connectivity index is 2.42. The highest BCUT2D eigenvalue weighted by Gasteiger charge is 2.22. The van der Waals surface area contributed by atoms with Gasteiger partial charge in [-0.05, 0) is 37.3 Å². The largest absolute Gasteiger partial charge is 0.389 e. The van der Waals surface area contributed by atoms with Gasteiger partial charge in [0.2, 0.25) is 10.0 Å². The molecule has 6 heteroatoms. The maximum Gasteiger partial charge on any atom is 0.212 e. The Hall–Kier alpha value is -0.560. The molecule has 0 aliphatic rings. The van der Waals surface area contributed by atoms with Gasteiger partial charge in [0.15, 0.2) is 0 Å². The minimum Gasteiger partial charge on any atom is -0.389 e. The summed E-state index contributed by atoms with van der Waals surface area (Å²) in [4.78, 5) is 0. The fourth-order valence-electron chi connectivity index (χ4n) is 1.64. The molecule has 114 valence electrons. The van der Waals surface area contributed by atoms with Crippen LogP contribution in [-0.4, -0.2) is 43.4 Å². The SMILES string of the molecule is CSCC[C@@](C)(O)CNS(=O)(=O)CCc1ccccc1. The molecule has 0 amide bonds. The molecule has 0 aliphatic heterocycles. The molecule has 0 bridgehead atoms. The van der Waals surface area contributed by atoms with E-state index in [0.29, 0.717) is 12.8 Å². The molecule has 0 saturated carbocycles. The first-order chi connectivity index (χ1) is 9.35. The van der Waals surface area contributed by atoms with Crippen LogP contribution in [0.5, 0.6) is 0 Å². The normalized spacial score (nSPS) is 14.9. The van der Waals surface area contributed by atoms with Gasteiger partial charge in [-0.1, -0.05) is 30.3 Å². The van der Waals surface area contributed by atoms with E-state index >= 15 is 0 Å². The van der Waals surface area contributed by atoms with E-state index in [4.69, 9.17) is 0 Å². The molecule has 1 atom stereocenters. The Morgan fingerprint density at radius 3 is 2.55 bits per heavy atom. The minimum atomic E-state index is -3.35. The Labute approximate surface area is 126 Å². The van der Waals surface area contributed by atoms with E-state index in [0.717, 1.165) is 11.3 Å². The van der Waals surface area contributed by atoms with Crippen molar-refractivity contribution in [2.45, 2.75) is 25.4 Å². The first kappa shape index (κ1) is 17.5. The van der Waals surface area contributed by atoms with Gasteiger partial charge in [-0.3, -0.25) is 0 Å². The van der Waals surface area contributed by atoms with Crippen molar-refractivity contribution in [3.63, 3.8) is 0 Å². The van der Waals surface area contributed by atoms with Crippen molar-refractivity contribution in [1.29, 1.82) is 0 Å². The summed E-state index contributed by atoms with van der Waals surface area (Å²) in [6.45, 7) is 1.72. The van der Waals surface area contributed by atoms with Gasteiger partial charge < -0.3 is 5.11 Å². The third-order valence-corrected chi connectivity index (χ3v) is 4.96. The van der Waals surface area contributed by atoms with Crippen LogP contribution >= 0.6 is 11.8 Å². The second-order valence-corrected chi connectivity index (χ2v) is 8.03. The zero-order valence-corrected chi connectivity index (χ0v) is 13.6. The van der Waals surface area contributed by atoms with Crippen molar-refractivity contribution in [2.24, 2.45) is 0 Å².